The van der Waals surface area contributed by atoms with Crippen molar-refractivity contribution in [3.63, 3.8) is 0 Å². The van der Waals surface area contributed by atoms with Crippen molar-refractivity contribution in [2.24, 2.45) is 0 Å². The lowest BCUT2D eigenvalue weighted by Gasteiger charge is -2.22. The minimum Gasteiger partial charge on any atom is -0.460 e. The molecule has 1 heterocycles. The molecule has 2 N–H and O–H groups in total. The number of halogens is 1. The summed E-state index contributed by atoms with van der Waals surface area (Å²) in [7, 11) is 1.81. The first kappa shape index (κ1) is 19.2. The van der Waals surface area contributed by atoms with Gasteiger partial charge < -0.3 is 9.73 Å². The van der Waals surface area contributed by atoms with Gasteiger partial charge in [0, 0.05) is 16.6 Å². The maximum Gasteiger partial charge on any atom is 0.321 e. The Kier molecular flexibility index (Phi) is 6.78. The SMILES string of the molecule is CCNC(=O)NC(=O)[C@H](C)N(C)Cc1ccc(-c2ccc(Br)cc2)o1. The van der Waals surface area contributed by atoms with E-state index < -0.39 is 12.1 Å². The predicted molar refractivity (Wildman–Crippen MR) is 100.0 cm³/mol. The lowest BCUT2D eigenvalue weighted by molar-refractivity contribution is -0.124. The average Bonchev–Trinajstić information content (AvgIpc) is 3.03. The lowest BCUT2D eigenvalue weighted by Crippen LogP contribution is -2.48. The molecule has 0 saturated carbocycles. The smallest absolute Gasteiger partial charge is 0.321 e. The highest BCUT2D eigenvalue weighted by Crippen LogP contribution is 2.24. The van der Waals surface area contributed by atoms with Crippen LogP contribution in [0.2, 0.25) is 0 Å². The van der Waals surface area contributed by atoms with Crippen LogP contribution in [-0.2, 0) is 11.3 Å². The number of hydrogen-bond acceptors (Lipinski definition) is 4. The molecule has 2 aromatic rings. The Morgan fingerprint density at radius 3 is 2.52 bits per heavy atom. The topological polar surface area (TPSA) is 74.6 Å². The predicted octanol–water partition coefficient (Wildman–Crippen LogP) is 3.38. The molecule has 2 rings (SSSR count). The zero-order valence-corrected chi connectivity index (χ0v) is 16.1. The molecule has 1 aromatic carbocycles. The molecule has 0 saturated heterocycles. The molecule has 0 aliphatic rings. The fraction of sp³-hybridized carbons (Fsp3) is 0.333. The van der Waals surface area contributed by atoms with Crippen LogP contribution < -0.4 is 10.6 Å². The molecule has 1 atom stereocenters. The highest BCUT2D eigenvalue weighted by Gasteiger charge is 2.21. The number of furan rings is 1. The Morgan fingerprint density at radius 2 is 1.88 bits per heavy atom. The summed E-state index contributed by atoms with van der Waals surface area (Å²) in [6.07, 6.45) is 0. The zero-order valence-electron chi connectivity index (χ0n) is 14.5. The van der Waals surface area contributed by atoms with E-state index in [0.29, 0.717) is 13.1 Å². The van der Waals surface area contributed by atoms with Crippen LogP contribution >= 0.6 is 15.9 Å². The number of hydrogen-bond donors (Lipinski definition) is 2. The maximum absolute atomic E-state index is 12.1. The summed E-state index contributed by atoms with van der Waals surface area (Å²) in [5.74, 6) is 1.17. The highest BCUT2D eigenvalue weighted by molar-refractivity contribution is 9.10. The van der Waals surface area contributed by atoms with Crippen molar-refractivity contribution in [3.8, 4) is 11.3 Å². The van der Waals surface area contributed by atoms with Crippen LogP contribution in [0.4, 0.5) is 4.79 Å². The summed E-state index contributed by atoms with van der Waals surface area (Å²) >= 11 is 3.41. The summed E-state index contributed by atoms with van der Waals surface area (Å²) in [5.41, 5.74) is 0.985. The van der Waals surface area contributed by atoms with Crippen LogP contribution in [0.5, 0.6) is 0 Å². The van der Waals surface area contributed by atoms with E-state index in [-0.39, 0.29) is 5.91 Å². The van der Waals surface area contributed by atoms with E-state index in [9.17, 15) is 9.59 Å². The summed E-state index contributed by atoms with van der Waals surface area (Å²) < 4.78 is 6.87. The molecule has 0 unspecified atom stereocenters. The third kappa shape index (κ3) is 5.44. The number of carbonyl (C=O) groups is 2. The van der Waals surface area contributed by atoms with E-state index in [1.54, 1.807) is 13.8 Å². The molecule has 0 radical (unpaired) electrons. The molecule has 0 spiro atoms. The maximum atomic E-state index is 12.1. The number of amides is 3. The summed E-state index contributed by atoms with van der Waals surface area (Å²) in [5, 5.41) is 4.85. The van der Waals surface area contributed by atoms with Crippen molar-refractivity contribution in [1.82, 2.24) is 15.5 Å². The van der Waals surface area contributed by atoms with Crippen LogP contribution in [0.25, 0.3) is 11.3 Å². The number of nitrogens with one attached hydrogen (secondary N) is 2. The second kappa shape index (κ2) is 8.82. The van der Waals surface area contributed by atoms with Gasteiger partial charge in [-0.15, -0.1) is 0 Å². The van der Waals surface area contributed by atoms with E-state index in [0.717, 1.165) is 21.6 Å². The van der Waals surface area contributed by atoms with Gasteiger partial charge >= 0.3 is 6.03 Å². The van der Waals surface area contributed by atoms with Gasteiger partial charge in [0.2, 0.25) is 5.91 Å². The number of likely N-dealkylation sites (N-methyl/N-ethyl adjacent to an activating group) is 1. The summed E-state index contributed by atoms with van der Waals surface area (Å²) in [6.45, 7) is 4.46. The summed E-state index contributed by atoms with van der Waals surface area (Å²) in [4.78, 5) is 25.3. The van der Waals surface area contributed by atoms with Crippen molar-refractivity contribution in [2.45, 2.75) is 26.4 Å². The third-order valence-electron chi connectivity index (χ3n) is 3.81. The Balaban J connectivity index is 1.96. The molecule has 0 aliphatic heterocycles. The Labute approximate surface area is 155 Å². The van der Waals surface area contributed by atoms with Gasteiger partial charge in [0.25, 0.3) is 0 Å². The van der Waals surface area contributed by atoms with Crippen LogP contribution in [0.15, 0.2) is 45.3 Å². The number of nitrogens with zero attached hydrogens (tertiary/aromatic N) is 1. The van der Waals surface area contributed by atoms with Crippen LogP contribution in [-0.4, -0.2) is 36.5 Å². The minimum absolute atomic E-state index is 0.354. The minimum atomic E-state index is -0.483. The standard InChI is InChI=1S/C18H22BrN3O3/c1-4-20-18(24)21-17(23)12(2)22(3)11-15-9-10-16(25-15)13-5-7-14(19)8-6-13/h5-10,12H,4,11H2,1-3H3,(H2,20,21,23,24)/t12-/m0/s1. The fourth-order valence-electron chi connectivity index (χ4n) is 2.24. The fourth-order valence-corrected chi connectivity index (χ4v) is 2.50. The number of carbonyl (C=O) groups excluding carboxylic acids is 2. The molecule has 25 heavy (non-hydrogen) atoms. The van der Waals surface area contributed by atoms with E-state index >= 15 is 0 Å². The number of rotatable bonds is 6. The van der Waals surface area contributed by atoms with Crippen molar-refractivity contribution < 1.29 is 14.0 Å². The van der Waals surface area contributed by atoms with Crippen molar-refractivity contribution in [1.29, 1.82) is 0 Å². The highest BCUT2D eigenvalue weighted by atomic mass is 79.9. The molecule has 3 amide bonds. The molecule has 0 fully saturated rings. The van der Waals surface area contributed by atoms with Gasteiger partial charge in [0.1, 0.15) is 11.5 Å². The van der Waals surface area contributed by atoms with Crippen LogP contribution in [0, 0.1) is 0 Å². The zero-order chi connectivity index (χ0) is 18.4. The molecular formula is C18H22BrN3O3. The Hall–Kier alpha value is -2.12. The third-order valence-corrected chi connectivity index (χ3v) is 4.34. The van der Waals surface area contributed by atoms with Crippen molar-refractivity contribution >= 4 is 27.9 Å². The normalized spacial score (nSPS) is 12.0. The Morgan fingerprint density at radius 1 is 1.20 bits per heavy atom. The molecule has 1 aromatic heterocycles. The van der Waals surface area contributed by atoms with Crippen LogP contribution in [0.1, 0.15) is 19.6 Å². The first-order valence-electron chi connectivity index (χ1n) is 8.04. The molecule has 0 bridgehead atoms. The van der Waals surface area contributed by atoms with E-state index in [4.69, 9.17) is 4.42 Å². The molecule has 7 heteroatoms. The van der Waals surface area contributed by atoms with Gasteiger partial charge in [-0.3, -0.25) is 15.0 Å². The molecule has 134 valence electrons. The Bertz CT molecular complexity index is 727. The van der Waals surface area contributed by atoms with Gasteiger partial charge in [-0.05, 0) is 45.2 Å². The second-order valence-corrected chi connectivity index (χ2v) is 6.63. The monoisotopic (exact) mass is 407 g/mol. The van der Waals surface area contributed by atoms with Crippen molar-refractivity contribution in [3.05, 3.63) is 46.6 Å². The number of imide groups is 1. The molecule has 6 nitrogen and oxygen atoms in total. The first-order valence-corrected chi connectivity index (χ1v) is 8.83. The van der Waals surface area contributed by atoms with Gasteiger partial charge in [0.05, 0.1) is 12.6 Å². The van der Waals surface area contributed by atoms with Gasteiger partial charge in [0.15, 0.2) is 0 Å². The number of urea groups is 1. The van der Waals surface area contributed by atoms with Crippen molar-refractivity contribution in [2.75, 3.05) is 13.6 Å². The van der Waals surface area contributed by atoms with Gasteiger partial charge in [-0.1, -0.05) is 28.1 Å². The average molecular weight is 408 g/mol. The van der Waals surface area contributed by atoms with E-state index in [1.807, 2.05) is 48.3 Å². The largest absolute Gasteiger partial charge is 0.460 e. The lowest BCUT2D eigenvalue weighted by atomic mass is 10.2. The molecule has 0 aliphatic carbocycles. The molecular weight excluding hydrogens is 386 g/mol. The second-order valence-electron chi connectivity index (χ2n) is 5.71. The van der Waals surface area contributed by atoms with Gasteiger partial charge in [-0.2, -0.15) is 0 Å². The summed E-state index contributed by atoms with van der Waals surface area (Å²) in [6, 6.07) is 10.7. The van der Waals surface area contributed by atoms with E-state index in [2.05, 4.69) is 26.6 Å². The van der Waals surface area contributed by atoms with E-state index in [1.165, 1.54) is 0 Å². The first-order chi connectivity index (χ1) is 11.9. The number of benzene rings is 1. The van der Waals surface area contributed by atoms with Crippen LogP contribution in [0.3, 0.4) is 0 Å². The quantitative estimate of drug-likeness (QED) is 0.769. The van der Waals surface area contributed by atoms with Gasteiger partial charge in [-0.25, -0.2) is 4.79 Å².